The summed E-state index contributed by atoms with van der Waals surface area (Å²) in [7, 11) is 0. The molecule has 0 N–H and O–H groups in total. The molecule has 8 nitrogen and oxygen atoms in total. The molecule has 9 rings (SSSR count). The Morgan fingerprint density at radius 1 is 0.979 bits per heavy atom. The molecule has 2 aliphatic heterocycles. The molecule has 0 radical (unpaired) electrons. The second kappa shape index (κ2) is 12.2. The van der Waals surface area contributed by atoms with E-state index in [1.165, 1.54) is 67.3 Å². The van der Waals surface area contributed by atoms with E-state index in [1.807, 2.05) is 11.0 Å². The summed E-state index contributed by atoms with van der Waals surface area (Å²) in [4.78, 5) is 22.6. The third-order valence-electron chi connectivity index (χ3n) is 11.9. The number of piperidine rings is 1. The number of aromatic nitrogens is 2. The highest BCUT2D eigenvalue weighted by Crippen LogP contribution is 2.55. The highest BCUT2D eigenvalue weighted by molar-refractivity contribution is 5.98. The second-order valence-corrected chi connectivity index (χ2v) is 15.2. The number of nitrogens with zero attached hydrogens (tertiary/aromatic N) is 4. The number of amides is 1. The van der Waals surface area contributed by atoms with Crippen molar-refractivity contribution in [3.63, 3.8) is 0 Å². The van der Waals surface area contributed by atoms with Crippen LogP contribution in [0.5, 0.6) is 5.75 Å². The Hall–Kier alpha value is -3.91. The second-order valence-electron chi connectivity index (χ2n) is 15.2. The fourth-order valence-electron chi connectivity index (χ4n) is 8.66. The number of fused-ring (bicyclic) bond motifs is 1. The predicted molar refractivity (Wildman–Crippen MR) is 186 cm³/mol. The van der Waals surface area contributed by atoms with Gasteiger partial charge in [0.1, 0.15) is 22.9 Å². The number of morpholine rings is 1. The van der Waals surface area contributed by atoms with E-state index >= 15 is 0 Å². The zero-order chi connectivity index (χ0) is 32.2. The summed E-state index contributed by atoms with van der Waals surface area (Å²) >= 11 is 0. The van der Waals surface area contributed by atoms with Crippen LogP contribution in [0.15, 0.2) is 53.1 Å². The fourth-order valence-corrected chi connectivity index (χ4v) is 8.66. The summed E-state index contributed by atoms with van der Waals surface area (Å²) in [6, 6.07) is 17.0. The first-order valence-electron chi connectivity index (χ1n) is 18.3. The Morgan fingerprint density at radius 2 is 1.77 bits per heavy atom. The molecule has 0 bridgehead atoms. The van der Waals surface area contributed by atoms with Crippen molar-refractivity contribution < 1.29 is 18.8 Å². The van der Waals surface area contributed by atoms with Crippen molar-refractivity contribution >= 4 is 22.5 Å². The number of benzene rings is 2. The monoisotopic (exact) mass is 646 g/mol. The highest BCUT2D eigenvalue weighted by atomic mass is 16.5. The number of carbonyl (C=O) groups is 1. The number of carbonyl (C=O) groups excluding carboxylic acids is 1. The summed E-state index contributed by atoms with van der Waals surface area (Å²) in [5.41, 5.74) is 7.91. The van der Waals surface area contributed by atoms with Crippen molar-refractivity contribution in [2.75, 3.05) is 44.3 Å². The lowest BCUT2D eigenvalue weighted by Crippen LogP contribution is -2.47. The minimum atomic E-state index is -0.0398. The van der Waals surface area contributed by atoms with E-state index in [9.17, 15) is 4.79 Å². The minimum Gasteiger partial charge on any atom is -0.490 e. The Bertz CT molecular complexity index is 1820. The van der Waals surface area contributed by atoms with Crippen molar-refractivity contribution in [2.45, 2.75) is 83.2 Å². The first-order valence-corrected chi connectivity index (χ1v) is 18.3. The molecule has 3 aliphatic carbocycles. The van der Waals surface area contributed by atoms with Crippen LogP contribution in [-0.2, 0) is 11.2 Å². The van der Waals surface area contributed by atoms with Gasteiger partial charge in [-0.1, -0.05) is 29.4 Å². The molecule has 5 aliphatic rings. The molecule has 1 spiro atoms. The van der Waals surface area contributed by atoms with Crippen molar-refractivity contribution in [1.82, 2.24) is 15.0 Å². The first kappa shape index (κ1) is 30.2. The molecule has 3 saturated carbocycles. The normalized spacial score (nSPS) is 21.4. The van der Waals surface area contributed by atoms with E-state index in [1.54, 1.807) is 0 Å². The minimum absolute atomic E-state index is 0.0398. The molecule has 4 aromatic rings. The fraction of sp³-hybridized carbons (Fsp3) is 0.525. The van der Waals surface area contributed by atoms with Crippen LogP contribution in [0.2, 0.25) is 0 Å². The largest absolute Gasteiger partial charge is 0.490 e. The van der Waals surface area contributed by atoms with Gasteiger partial charge in [0.15, 0.2) is 0 Å². The van der Waals surface area contributed by atoms with Gasteiger partial charge in [0.05, 0.1) is 24.8 Å². The van der Waals surface area contributed by atoms with Crippen LogP contribution in [0.1, 0.15) is 91.1 Å². The topological polar surface area (TPSA) is 80.9 Å². The van der Waals surface area contributed by atoms with Crippen LogP contribution in [-0.4, -0.2) is 66.4 Å². The molecular formula is C40H46N4O4. The third-order valence-corrected chi connectivity index (χ3v) is 11.9. The van der Waals surface area contributed by atoms with Crippen molar-refractivity contribution in [3.8, 4) is 17.0 Å². The maximum absolute atomic E-state index is 13.4. The molecular weight excluding hydrogens is 600 g/mol. The average Bonchev–Trinajstić information content (AvgIpc) is 3.85. The van der Waals surface area contributed by atoms with Gasteiger partial charge in [-0.3, -0.25) is 4.79 Å². The summed E-state index contributed by atoms with van der Waals surface area (Å²) in [6.45, 7) is 6.65. The lowest BCUT2D eigenvalue weighted by atomic mass is 9.56. The average molecular weight is 647 g/mol. The molecule has 2 aromatic heterocycles. The van der Waals surface area contributed by atoms with E-state index in [0.29, 0.717) is 49.2 Å². The molecule has 1 amide bonds. The summed E-state index contributed by atoms with van der Waals surface area (Å²) in [5.74, 6) is 3.18. The van der Waals surface area contributed by atoms with Crippen LogP contribution < -0.4 is 9.64 Å². The maximum atomic E-state index is 13.4. The maximum Gasteiger partial charge on any atom is 0.272 e. The summed E-state index contributed by atoms with van der Waals surface area (Å²) in [6.07, 6.45) is 12.1. The van der Waals surface area contributed by atoms with Crippen molar-refractivity contribution in [2.24, 2.45) is 11.3 Å². The predicted octanol–water partition coefficient (Wildman–Crippen LogP) is 7.72. The van der Waals surface area contributed by atoms with Gasteiger partial charge in [0.2, 0.25) is 0 Å². The Morgan fingerprint density at radius 3 is 2.50 bits per heavy atom. The van der Waals surface area contributed by atoms with Gasteiger partial charge < -0.3 is 23.8 Å². The molecule has 48 heavy (non-hydrogen) atoms. The van der Waals surface area contributed by atoms with Gasteiger partial charge in [0, 0.05) is 60.4 Å². The Labute approximate surface area is 282 Å². The number of pyridine rings is 1. The smallest absolute Gasteiger partial charge is 0.272 e. The van der Waals surface area contributed by atoms with Crippen LogP contribution in [0.4, 0.5) is 5.69 Å². The quantitative estimate of drug-likeness (QED) is 0.194. The standard InChI is InChI=1S/C40H46N4O4/c1-26-5-2-3-8-31(26)37-33(38(48-42-37)28-9-10-28)21-27-24-40(25-27)13-15-43(16-14-40)29-11-12-34-32(22-29)36(47-30-6-4-7-30)23-35(41-34)39(45)44-17-19-46-20-18-44/h2-3,5,8,11-12,22-23,27-28,30H,4,6-7,9-10,13-21,24-25H2,1H3. The number of hydrogen-bond donors (Lipinski definition) is 0. The zero-order valence-electron chi connectivity index (χ0n) is 28.1. The highest BCUT2D eigenvalue weighted by Gasteiger charge is 2.47. The van der Waals surface area contributed by atoms with E-state index in [4.69, 9.17) is 19.0 Å². The molecule has 250 valence electrons. The van der Waals surface area contributed by atoms with Crippen molar-refractivity contribution in [3.05, 3.63) is 71.1 Å². The van der Waals surface area contributed by atoms with E-state index in [0.717, 1.165) is 60.5 Å². The van der Waals surface area contributed by atoms with Gasteiger partial charge in [-0.2, -0.15) is 0 Å². The Balaban J connectivity index is 0.890. The number of rotatable bonds is 8. The summed E-state index contributed by atoms with van der Waals surface area (Å²) < 4.78 is 18.0. The lowest BCUT2D eigenvalue weighted by Gasteiger charge is -2.53. The first-order chi connectivity index (χ1) is 23.5. The summed E-state index contributed by atoms with van der Waals surface area (Å²) in [5, 5.41) is 5.64. The number of ether oxygens (including phenoxy) is 2. The van der Waals surface area contributed by atoms with E-state index in [-0.39, 0.29) is 12.0 Å². The third kappa shape index (κ3) is 5.66. The van der Waals surface area contributed by atoms with Crippen LogP contribution in [0, 0.1) is 18.3 Å². The molecule has 2 saturated heterocycles. The van der Waals surface area contributed by atoms with Crippen LogP contribution in [0.3, 0.4) is 0 Å². The Kier molecular flexibility index (Phi) is 7.67. The van der Waals surface area contributed by atoms with E-state index < -0.39 is 0 Å². The number of hydrogen-bond acceptors (Lipinski definition) is 7. The zero-order valence-corrected chi connectivity index (χ0v) is 28.1. The SMILES string of the molecule is Cc1ccccc1-c1noc(C2CC2)c1CC1CC2(CCN(c3ccc4nc(C(=O)N5CCOCC5)cc(OC5CCC5)c4c3)CC2)C1. The van der Waals surface area contributed by atoms with Gasteiger partial charge in [-0.05, 0) is 106 Å². The number of aryl methyl sites for hydroxylation is 1. The molecule has 5 fully saturated rings. The van der Waals surface area contributed by atoms with Crippen LogP contribution in [0.25, 0.3) is 22.2 Å². The lowest BCUT2D eigenvalue weighted by molar-refractivity contribution is 0.0282. The molecule has 8 heteroatoms. The van der Waals surface area contributed by atoms with Crippen LogP contribution >= 0.6 is 0 Å². The van der Waals surface area contributed by atoms with Gasteiger partial charge in [-0.25, -0.2) is 4.98 Å². The molecule has 4 heterocycles. The van der Waals surface area contributed by atoms with Crippen molar-refractivity contribution in [1.29, 1.82) is 0 Å². The molecule has 2 aromatic carbocycles. The molecule has 0 atom stereocenters. The van der Waals surface area contributed by atoms with Gasteiger partial charge in [-0.15, -0.1) is 0 Å². The van der Waals surface area contributed by atoms with E-state index in [2.05, 4.69) is 59.4 Å². The van der Waals surface area contributed by atoms with Gasteiger partial charge in [0.25, 0.3) is 5.91 Å². The number of anilines is 1. The molecule has 0 unspecified atom stereocenters. The van der Waals surface area contributed by atoms with Gasteiger partial charge >= 0.3 is 0 Å².